The predicted molar refractivity (Wildman–Crippen MR) is 59.1 cm³/mol. The largest absolute Gasteiger partial charge is 0.310 e. The van der Waals surface area contributed by atoms with E-state index < -0.39 is 11.6 Å². The maximum atomic E-state index is 13.2. The molecule has 0 spiro atoms. The van der Waals surface area contributed by atoms with Crippen molar-refractivity contribution < 1.29 is 8.78 Å². The fourth-order valence-corrected chi connectivity index (χ4v) is 2.06. The number of rotatable bonds is 1. The molecule has 0 amide bonds. The van der Waals surface area contributed by atoms with Gasteiger partial charge in [-0.15, -0.1) is 0 Å². The first-order valence-corrected chi connectivity index (χ1v) is 5.64. The van der Waals surface area contributed by atoms with E-state index in [0.717, 1.165) is 24.9 Å². The second kappa shape index (κ2) is 4.10. The van der Waals surface area contributed by atoms with E-state index in [2.05, 4.69) is 5.32 Å². The molecule has 1 heterocycles. The highest BCUT2D eigenvalue weighted by Gasteiger charge is 2.19. The van der Waals surface area contributed by atoms with Crippen LogP contribution < -0.4 is 5.32 Å². The topological polar surface area (TPSA) is 12.0 Å². The quantitative estimate of drug-likeness (QED) is 0.621. The van der Waals surface area contributed by atoms with Crippen LogP contribution in [0.1, 0.15) is 24.4 Å². The highest BCUT2D eigenvalue weighted by Crippen LogP contribution is 2.26. The molecule has 1 saturated heterocycles. The van der Waals surface area contributed by atoms with Gasteiger partial charge in [-0.25, -0.2) is 8.78 Å². The Bertz CT molecular complexity index is 325. The Labute approximate surface area is 95.0 Å². The van der Waals surface area contributed by atoms with Crippen molar-refractivity contribution in [3.05, 3.63) is 32.9 Å². The fourth-order valence-electron chi connectivity index (χ4n) is 1.75. The minimum Gasteiger partial charge on any atom is -0.310 e. The summed E-state index contributed by atoms with van der Waals surface area (Å²) in [6, 6.07) is 2.97. The Morgan fingerprint density at radius 3 is 2.43 bits per heavy atom. The van der Waals surface area contributed by atoms with Crippen LogP contribution in [0.15, 0.2) is 12.1 Å². The summed E-state index contributed by atoms with van der Waals surface area (Å²) in [6.45, 7) is 0.930. The molecule has 1 unspecified atom stereocenters. The van der Waals surface area contributed by atoms with Gasteiger partial charge in [0.2, 0.25) is 0 Å². The second-order valence-electron chi connectivity index (χ2n) is 3.45. The van der Waals surface area contributed by atoms with Crippen molar-refractivity contribution in [1.82, 2.24) is 5.32 Å². The maximum Gasteiger partial charge on any atom is 0.139 e. The van der Waals surface area contributed by atoms with E-state index in [1.807, 2.05) is 0 Å². The molecule has 1 N–H and O–H groups in total. The van der Waals surface area contributed by atoms with Crippen LogP contribution in [0.4, 0.5) is 8.78 Å². The minimum absolute atomic E-state index is 0.0735. The zero-order valence-corrected chi connectivity index (χ0v) is 9.64. The standard InChI is InChI=1S/C10H10F2IN/c11-7-4-6(5-8(12)10(7)13)9-2-1-3-14-9/h4-5,9,14H,1-3H2. The van der Waals surface area contributed by atoms with Gasteiger partial charge in [0.25, 0.3) is 0 Å². The molecule has 1 nitrogen and oxygen atoms in total. The summed E-state index contributed by atoms with van der Waals surface area (Å²) in [5.74, 6) is -0.927. The summed E-state index contributed by atoms with van der Waals surface area (Å²) in [5.41, 5.74) is 0.720. The van der Waals surface area contributed by atoms with Crippen molar-refractivity contribution in [3.8, 4) is 0 Å². The molecule has 0 aromatic heterocycles. The first kappa shape index (κ1) is 10.3. The van der Waals surface area contributed by atoms with Crippen molar-refractivity contribution in [2.75, 3.05) is 6.54 Å². The number of hydrogen-bond acceptors (Lipinski definition) is 1. The predicted octanol–water partition coefficient (Wildman–Crippen LogP) is 2.99. The van der Waals surface area contributed by atoms with Crippen LogP contribution in [0.2, 0.25) is 0 Å². The molecule has 14 heavy (non-hydrogen) atoms. The van der Waals surface area contributed by atoms with Gasteiger partial charge in [-0.3, -0.25) is 0 Å². The molecule has 1 aliphatic heterocycles. The van der Waals surface area contributed by atoms with Crippen molar-refractivity contribution in [3.63, 3.8) is 0 Å². The molecule has 1 aromatic rings. The lowest BCUT2D eigenvalue weighted by Gasteiger charge is -2.11. The lowest BCUT2D eigenvalue weighted by molar-refractivity contribution is 0.554. The molecular weight excluding hydrogens is 299 g/mol. The van der Waals surface area contributed by atoms with Crippen LogP contribution in [0.5, 0.6) is 0 Å². The Morgan fingerprint density at radius 1 is 1.29 bits per heavy atom. The molecular formula is C10H10F2IN. The summed E-state index contributed by atoms with van der Waals surface area (Å²) in [7, 11) is 0. The van der Waals surface area contributed by atoms with Crippen molar-refractivity contribution >= 4 is 22.6 Å². The van der Waals surface area contributed by atoms with Crippen LogP contribution in [-0.2, 0) is 0 Å². The summed E-state index contributed by atoms with van der Waals surface area (Å²) in [5, 5.41) is 3.21. The van der Waals surface area contributed by atoms with Gasteiger partial charge in [0.05, 0.1) is 3.57 Å². The number of nitrogens with one attached hydrogen (secondary N) is 1. The van der Waals surface area contributed by atoms with Crippen LogP contribution in [0, 0.1) is 15.2 Å². The number of benzene rings is 1. The van der Waals surface area contributed by atoms with Crippen molar-refractivity contribution in [2.24, 2.45) is 0 Å². The molecule has 4 heteroatoms. The third-order valence-corrected chi connectivity index (χ3v) is 3.50. The van der Waals surface area contributed by atoms with E-state index in [1.165, 1.54) is 12.1 Å². The van der Waals surface area contributed by atoms with E-state index in [9.17, 15) is 8.78 Å². The molecule has 0 aliphatic carbocycles. The molecule has 0 saturated carbocycles. The second-order valence-corrected chi connectivity index (χ2v) is 4.53. The zero-order chi connectivity index (χ0) is 10.1. The fraction of sp³-hybridized carbons (Fsp3) is 0.400. The lowest BCUT2D eigenvalue weighted by atomic mass is 10.1. The lowest BCUT2D eigenvalue weighted by Crippen LogP contribution is -2.13. The Morgan fingerprint density at radius 2 is 1.93 bits per heavy atom. The van der Waals surface area contributed by atoms with Crippen LogP contribution >= 0.6 is 22.6 Å². The van der Waals surface area contributed by atoms with Gasteiger partial charge in [-0.2, -0.15) is 0 Å². The van der Waals surface area contributed by atoms with Gasteiger partial charge in [0.15, 0.2) is 0 Å². The number of hydrogen-bond donors (Lipinski definition) is 1. The molecule has 0 radical (unpaired) electrons. The SMILES string of the molecule is Fc1cc(C2CCCN2)cc(F)c1I. The highest BCUT2D eigenvalue weighted by atomic mass is 127. The average molecular weight is 309 g/mol. The maximum absolute atomic E-state index is 13.2. The van der Waals surface area contributed by atoms with Gasteiger partial charge < -0.3 is 5.32 Å². The molecule has 1 fully saturated rings. The van der Waals surface area contributed by atoms with E-state index in [-0.39, 0.29) is 9.61 Å². The molecule has 0 bridgehead atoms. The van der Waals surface area contributed by atoms with Gasteiger partial charge >= 0.3 is 0 Å². The van der Waals surface area contributed by atoms with Crippen molar-refractivity contribution in [2.45, 2.75) is 18.9 Å². The highest BCUT2D eigenvalue weighted by molar-refractivity contribution is 14.1. The van der Waals surface area contributed by atoms with Gasteiger partial charge in [-0.1, -0.05) is 0 Å². The Balaban J connectivity index is 2.34. The zero-order valence-electron chi connectivity index (χ0n) is 7.49. The smallest absolute Gasteiger partial charge is 0.139 e. The summed E-state index contributed by atoms with van der Waals surface area (Å²) in [6.07, 6.45) is 2.03. The van der Waals surface area contributed by atoms with Crippen molar-refractivity contribution in [1.29, 1.82) is 0 Å². The number of halogens is 3. The molecule has 1 atom stereocenters. The monoisotopic (exact) mass is 309 g/mol. The van der Waals surface area contributed by atoms with Crippen LogP contribution in [0.3, 0.4) is 0 Å². The normalized spacial score (nSPS) is 21.5. The first-order chi connectivity index (χ1) is 6.68. The summed E-state index contributed by atoms with van der Waals surface area (Å²) >= 11 is 1.68. The van der Waals surface area contributed by atoms with Gasteiger partial charge in [0, 0.05) is 6.04 Å². The third-order valence-electron chi connectivity index (χ3n) is 2.47. The third kappa shape index (κ3) is 1.91. The van der Waals surface area contributed by atoms with E-state index in [4.69, 9.17) is 0 Å². The minimum atomic E-state index is -0.464. The summed E-state index contributed by atoms with van der Waals surface area (Å²) < 4.78 is 26.5. The molecule has 1 aliphatic rings. The van der Waals surface area contributed by atoms with Crippen LogP contribution in [0.25, 0.3) is 0 Å². The van der Waals surface area contributed by atoms with E-state index in [1.54, 1.807) is 22.6 Å². The first-order valence-electron chi connectivity index (χ1n) is 4.56. The van der Waals surface area contributed by atoms with Gasteiger partial charge in [-0.05, 0) is 59.7 Å². The Kier molecular flexibility index (Phi) is 3.02. The Hall–Kier alpha value is -0.230. The van der Waals surface area contributed by atoms with Gasteiger partial charge in [0.1, 0.15) is 11.6 Å². The molecule has 76 valence electrons. The van der Waals surface area contributed by atoms with E-state index in [0.29, 0.717) is 0 Å². The molecule has 2 rings (SSSR count). The molecule has 1 aromatic carbocycles. The average Bonchev–Trinajstić information content (AvgIpc) is 2.66. The van der Waals surface area contributed by atoms with E-state index >= 15 is 0 Å². The summed E-state index contributed by atoms with van der Waals surface area (Å²) in [4.78, 5) is 0. The van der Waals surface area contributed by atoms with Crippen LogP contribution in [-0.4, -0.2) is 6.54 Å².